The minimum atomic E-state index is -0.402. The number of nitrogens with zero attached hydrogens (tertiary/aromatic N) is 2. The van der Waals surface area contributed by atoms with Crippen LogP contribution in [-0.2, 0) is 11.3 Å². The Morgan fingerprint density at radius 1 is 1.22 bits per heavy atom. The number of nitrogens with two attached hydrogens (primary N) is 1. The van der Waals surface area contributed by atoms with Gasteiger partial charge in [0.15, 0.2) is 0 Å². The topological polar surface area (TPSA) is 68.4 Å². The lowest BCUT2D eigenvalue weighted by Gasteiger charge is -2.26. The molecule has 23 heavy (non-hydrogen) atoms. The predicted octanol–water partition coefficient (Wildman–Crippen LogP) is 1.99. The highest BCUT2D eigenvalue weighted by Gasteiger charge is 2.12. The molecule has 5 nitrogen and oxygen atoms in total. The van der Waals surface area contributed by atoms with Crippen LogP contribution < -0.4 is 5.73 Å². The fourth-order valence-corrected chi connectivity index (χ4v) is 2.74. The number of benzene rings is 1. The second-order valence-corrected chi connectivity index (χ2v) is 5.82. The molecule has 0 saturated carbocycles. The minimum Gasteiger partial charge on any atom is -0.379 e. The van der Waals surface area contributed by atoms with Gasteiger partial charge in [0, 0.05) is 37.0 Å². The van der Waals surface area contributed by atoms with Gasteiger partial charge in [-0.2, -0.15) is 0 Å². The highest BCUT2D eigenvalue weighted by atomic mass is 16.5. The number of hydrogen-bond acceptors (Lipinski definition) is 4. The molecule has 0 unspecified atom stereocenters. The highest BCUT2D eigenvalue weighted by molar-refractivity contribution is 5.95. The molecule has 1 aliphatic rings. The van der Waals surface area contributed by atoms with Crippen LogP contribution >= 0.6 is 0 Å². The van der Waals surface area contributed by atoms with Gasteiger partial charge in [-0.25, -0.2) is 0 Å². The summed E-state index contributed by atoms with van der Waals surface area (Å²) in [7, 11) is 0. The normalized spacial score (nSPS) is 15.5. The molecule has 120 valence electrons. The Balaban J connectivity index is 1.76. The maximum Gasteiger partial charge on any atom is 0.248 e. The first-order valence-electron chi connectivity index (χ1n) is 7.79. The maximum atomic E-state index is 11.5. The van der Waals surface area contributed by atoms with E-state index >= 15 is 0 Å². The summed E-state index contributed by atoms with van der Waals surface area (Å²) in [5.74, 6) is -0.402. The zero-order valence-electron chi connectivity index (χ0n) is 13.3. The first-order valence-corrected chi connectivity index (χ1v) is 7.79. The van der Waals surface area contributed by atoms with Crippen LogP contribution in [0.25, 0.3) is 11.1 Å². The molecule has 0 bridgehead atoms. The van der Waals surface area contributed by atoms with Gasteiger partial charge in [-0.3, -0.25) is 14.7 Å². The van der Waals surface area contributed by atoms with Gasteiger partial charge in [-0.1, -0.05) is 18.2 Å². The lowest BCUT2D eigenvalue weighted by atomic mass is 10.0. The van der Waals surface area contributed by atoms with Crippen molar-refractivity contribution in [1.29, 1.82) is 0 Å². The van der Waals surface area contributed by atoms with Crippen molar-refractivity contribution >= 4 is 5.91 Å². The van der Waals surface area contributed by atoms with Crippen LogP contribution in [0.5, 0.6) is 0 Å². The Morgan fingerprint density at radius 2 is 1.96 bits per heavy atom. The monoisotopic (exact) mass is 311 g/mol. The largest absolute Gasteiger partial charge is 0.379 e. The fourth-order valence-electron chi connectivity index (χ4n) is 2.74. The van der Waals surface area contributed by atoms with Gasteiger partial charge in [-0.15, -0.1) is 0 Å². The van der Waals surface area contributed by atoms with Gasteiger partial charge in [-0.05, 0) is 30.2 Å². The molecule has 1 saturated heterocycles. The van der Waals surface area contributed by atoms with Gasteiger partial charge < -0.3 is 10.5 Å². The molecule has 1 aromatic heterocycles. The van der Waals surface area contributed by atoms with E-state index in [1.54, 1.807) is 0 Å². The molecule has 1 aliphatic heterocycles. The summed E-state index contributed by atoms with van der Waals surface area (Å²) < 4.78 is 5.35. The lowest BCUT2D eigenvalue weighted by molar-refractivity contribution is 0.0336. The van der Waals surface area contributed by atoms with E-state index in [1.165, 1.54) is 0 Å². The average molecular weight is 311 g/mol. The molecule has 2 aromatic rings. The molecular weight excluding hydrogens is 290 g/mol. The molecular formula is C18H21N3O2. The van der Waals surface area contributed by atoms with E-state index in [1.807, 2.05) is 43.5 Å². The Bertz CT molecular complexity index is 692. The zero-order chi connectivity index (χ0) is 16.2. The maximum absolute atomic E-state index is 11.5. The van der Waals surface area contributed by atoms with Crippen LogP contribution in [0.3, 0.4) is 0 Å². The number of carbonyl (C=O) groups excluding carboxylic acids is 1. The standard InChI is InChI=1S/C18H21N3O2/c1-13-2-3-14(10-17(13)18(19)22)15-4-5-16(20-11-15)12-21-6-8-23-9-7-21/h2-5,10-11H,6-9,12H2,1H3,(H2,19,22). The molecule has 2 N–H and O–H groups in total. The molecule has 0 radical (unpaired) electrons. The number of rotatable bonds is 4. The lowest BCUT2D eigenvalue weighted by Crippen LogP contribution is -2.35. The number of ether oxygens (including phenoxy) is 1. The molecule has 5 heteroatoms. The molecule has 2 heterocycles. The summed E-state index contributed by atoms with van der Waals surface area (Å²) in [4.78, 5) is 18.4. The average Bonchev–Trinajstić information content (AvgIpc) is 2.57. The van der Waals surface area contributed by atoms with Crippen LogP contribution in [0, 0.1) is 6.92 Å². The smallest absolute Gasteiger partial charge is 0.248 e. The molecule has 1 amide bonds. The van der Waals surface area contributed by atoms with Crippen molar-refractivity contribution in [2.45, 2.75) is 13.5 Å². The molecule has 3 rings (SSSR count). The molecule has 1 aromatic carbocycles. The van der Waals surface area contributed by atoms with Crippen LogP contribution in [0.2, 0.25) is 0 Å². The Morgan fingerprint density at radius 3 is 2.61 bits per heavy atom. The highest BCUT2D eigenvalue weighted by Crippen LogP contribution is 2.22. The summed E-state index contributed by atoms with van der Waals surface area (Å²) in [6, 6.07) is 9.81. The van der Waals surface area contributed by atoms with E-state index < -0.39 is 5.91 Å². The number of carbonyl (C=O) groups is 1. The fraction of sp³-hybridized carbons (Fsp3) is 0.333. The van der Waals surface area contributed by atoms with E-state index in [0.717, 1.165) is 55.2 Å². The third-order valence-electron chi connectivity index (χ3n) is 4.15. The molecule has 0 spiro atoms. The van der Waals surface area contributed by atoms with E-state index in [-0.39, 0.29) is 0 Å². The molecule has 0 aliphatic carbocycles. The number of aromatic nitrogens is 1. The quantitative estimate of drug-likeness (QED) is 0.937. The van der Waals surface area contributed by atoms with Crippen molar-refractivity contribution in [2.75, 3.05) is 26.3 Å². The van der Waals surface area contributed by atoms with Crippen molar-refractivity contribution in [2.24, 2.45) is 5.73 Å². The second-order valence-electron chi connectivity index (χ2n) is 5.82. The van der Waals surface area contributed by atoms with Crippen molar-refractivity contribution in [3.8, 4) is 11.1 Å². The minimum absolute atomic E-state index is 0.402. The Hall–Kier alpha value is -2.24. The number of pyridine rings is 1. The van der Waals surface area contributed by atoms with Gasteiger partial charge in [0.2, 0.25) is 5.91 Å². The number of morpholine rings is 1. The predicted molar refractivity (Wildman–Crippen MR) is 89.0 cm³/mol. The Kier molecular flexibility index (Phi) is 4.69. The van der Waals surface area contributed by atoms with E-state index in [4.69, 9.17) is 10.5 Å². The Labute approximate surface area is 136 Å². The number of amides is 1. The van der Waals surface area contributed by atoms with Crippen LogP contribution in [0.15, 0.2) is 36.5 Å². The van der Waals surface area contributed by atoms with Crippen molar-refractivity contribution in [1.82, 2.24) is 9.88 Å². The summed E-state index contributed by atoms with van der Waals surface area (Å²) in [6.07, 6.45) is 1.85. The first kappa shape index (κ1) is 15.6. The summed E-state index contributed by atoms with van der Waals surface area (Å²) in [5, 5.41) is 0. The van der Waals surface area contributed by atoms with Crippen LogP contribution in [0.4, 0.5) is 0 Å². The van der Waals surface area contributed by atoms with E-state index in [9.17, 15) is 4.79 Å². The molecule has 1 fully saturated rings. The second kappa shape index (κ2) is 6.89. The molecule has 0 atom stereocenters. The third-order valence-corrected chi connectivity index (χ3v) is 4.15. The van der Waals surface area contributed by atoms with Gasteiger partial charge in [0.1, 0.15) is 0 Å². The SMILES string of the molecule is Cc1ccc(-c2ccc(CN3CCOCC3)nc2)cc1C(N)=O. The van der Waals surface area contributed by atoms with Gasteiger partial charge in [0.05, 0.1) is 18.9 Å². The van der Waals surface area contributed by atoms with Crippen LogP contribution in [0.1, 0.15) is 21.6 Å². The third kappa shape index (κ3) is 3.75. The van der Waals surface area contributed by atoms with Crippen molar-refractivity contribution < 1.29 is 9.53 Å². The number of aryl methyl sites for hydroxylation is 1. The van der Waals surface area contributed by atoms with E-state index in [0.29, 0.717) is 5.56 Å². The number of primary amides is 1. The summed E-state index contributed by atoms with van der Waals surface area (Å²) in [5.41, 5.74) is 9.84. The van der Waals surface area contributed by atoms with Gasteiger partial charge in [0.25, 0.3) is 0 Å². The van der Waals surface area contributed by atoms with Crippen molar-refractivity contribution in [3.05, 3.63) is 53.3 Å². The summed E-state index contributed by atoms with van der Waals surface area (Å²) >= 11 is 0. The zero-order valence-corrected chi connectivity index (χ0v) is 13.3. The summed E-state index contributed by atoms with van der Waals surface area (Å²) in [6.45, 7) is 6.19. The van der Waals surface area contributed by atoms with Crippen LogP contribution in [-0.4, -0.2) is 42.1 Å². The number of hydrogen-bond donors (Lipinski definition) is 1. The van der Waals surface area contributed by atoms with Crippen molar-refractivity contribution in [3.63, 3.8) is 0 Å². The van der Waals surface area contributed by atoms with E-state index in [2.05, 4.69) is 9.88 Å². The first-order chi connectivity index (χ1) is 11.1. The van der Waals surface area contributed by atoms with Gasteiger partial charge >= 0.3 is 0 Å².